The highest BCUT2D eigenvalue weighted by molar-refractivity contribution is 4.84. The van der Waals surface area contributed by atoms with E-state index in [4.69, 9.17) is 0 Å². The van der Waals surface area contributed by atoms with Crippen LogP contribution in [-0.2, 0) is 0 Å². The summed E-state index contributed by atoms with van der Waals surface area (Å²) < 4.78 is 0. The second kappa shape index (κ2) is 5.08. The number of hydrogen-bond donors (Lipinski definition) is 1. The molecule has 0 saturated heterocycles. The van der Waals surface area contributed by atoms with E-state index in [0.29, 0.717) is 5.41 Å². The van der Waals surface area contributed by atoms with Gasteiger partial charge in [0.2, 0.25) is 0 Å². The van der Waals surface area contributed by atoms with E-state index in [2.05, 4.69) is 41.5 Å². The Morgan fingerprint density at radius 3 is 1.25 bits per heavy atom. The van der Waals surface area contributed by atoms with Gasteiger partial charge in [0.05, 0.1) is 5.60 Å². The molecule has 98 valence electrons. The summed E-state index contributed by atoms with van der Waals surface area (Å²) >= 11 is 0. The first-order chi connectivity index (χ1) is 6.81. The van der Waals surface area contributed by atoms with E-state index in [1.165, 1.54) is 12.8 Å². The normalized spacial score (nSPS) is 17.8. The fourth-order valence-electron chi connectivity index (χ4n) is 2.25. The van der Waals surface area contributed by atoms with Gasteiger partial charge in [0.1, 0.15) is 0 Å². The first kappa shape index (κ1) is 16.0. The summed E-state index contributed by atoms with van der Waals surface area (Å²) in [6, 6.07) is 0. The average Bonchev–Trinajstić information content (AvgIpc) is 2.52. The molecule has 1 heteroatoms. The van der Waals surface area contributed by atoms with Crippen LogP contribution in [0.3, 0.4) is 0 Å². The fourth-order valence-corrected chi connectivity index (χ4v) is 2.25. The van der Waals surface area contributed by atoms with E-state index in [0.717, 1.165) is 12.3 Å². The van der Waals surface area contributed by atoms with Crippen molar-refractivity contribution in [2.75, 3.05) is 0 Å². The molecule has 1 nitrogen and oxygen atoms in total. The third-order valence-electron chi connectivity index (χ3n) is 2.77. The van der Waals surface area contributed by atoms with Crippen LogP contribution < -0.4 is 0 Å². The van der Waals surface area contributed by atoms with Gasteiger partial charge < -0.3 is 5.11 Å². The summed E-state index contributed by atoms with van der Waals surface area (Å²) in [6.45, 7) is 17.1. The number of hydrogen-bond acceptors (Lipinski definition) is 1. The predicted octanol–water partition coefficient (Wildman–Crippen LogP) is 4.64. The van der Waals surface area contributed by atoms with Gasteiger partial charge in [0, 0.05) is 0 Å². The largest absolute Gasteiger partial charge is 0.390 e. The third-order valence-corrected chi connectivity index (χ3v) is 2.77. The van der Waals surface area contributed by atoms with Crippen LogP contribution >= 0.6 is 0 Å². The van der Waals surface area contributed by atoms with Crippen LogP contribution in [0.2, 0.25) is 0 Å². The van der Waals surface area contributed by atoms with E-state index in [1.54, 1.807) is 0 Å². The number of rotatable bonds is 1. The van der Waals surface area contributed by atoms with Crippen LogP contribution in [-0.4, -0.2) is 10.7 Å². The summed E-state index contributed by atoms with van der Waals surface area (Å²) in [6.07, 6.45) is 3.80. The Hall–Kier alpha value is -0.0400. The molecule has 0 amide bonds. The average molecular weight is 228 g/mol. The van der Waals surface area contributed by atoms with Crippen molar-refractivity contribution in [3.8, 4) is 0 Å². The molecular weight excluding hydrogens is 196 g/mol. The van der Waals surface area contributed by atoms with Gasteiger partial charge >= 0.3 is 0 Å². The Labute approximate surface area is 103 Å². The molecule has 0 aromatic carbocycles. The maximum Gasteiger partial charge on any atom is 0.0596 e. The fraction of sp³-hybridized carbons (Fsp3) is 1.00. The molecular formula is C15H32O. The minimum atomic E-state index is -0.516. The van der Waals surface area contributed by atoms with Crippen molar-refractivity contribution in [2.45, 2.75) is 80.3 Å². The van der Waals surface area contributed by atoms with Crippen molar-refractivity contribution in [2.24, 2.45) is 16.7 Å². The van der Waals surface area contributed by atoms with Gasteiger partial charge in [-0.3, -0.25) is 0 Å². The third kappa shape index (κ3) is 10.5. The van der Waals surface area contributed by atoms with E-state index in [1.807, 2.05) is 13.8 Å². The molecule has 1 N–H and O–H groups in total. The molecule has 0 aromatic heterocycles. The quantitative estimate of drug-likeness (QED) is 0.693. The minimum Gasteiger partial charge on any atom is -0.390 e. The number of aliphatic hydroxyl groups is 1. The van der Waals surface area contributed by atoms with Crippen LogP contribution in [0.1, 0.15) is 74.7 Å². The van der Waals surface area contributed by atoms with Crippen molar-refractivity contribution in [3.05, 3.63) is 0 Å². The molecule has 0 spiro atoms. The Bertz CT molecular complexity index is 181. The SMILES string of the molecule is CC(C)(C)C1CC1.CC(C)(C)CC(C)(C)O. The first-order valence-electron chi connectivity index (χ1n) is 6.54. The lowest BCUT2D eigenvalue weighted by atomic mass is 9.84. The summed E-state index contributed by atoms with van der Waals surface area (Å²) in [4.78, 5) is 0. The van der Waals surface area contributed by atoms with Crippen LogP contribution in [0.5, 0.6) is 0 Å². The zero-order chi connectivity index (χ0) is 13.2. The Morgan fingerprint density at radius 1 is 0.875 bits per heavy atom. The zero-order valence-electron chi connectivity index (χ0n) is 12.6. The Balaban J connectivity index is 0.000000288. The molecule has 0 bridgehead atoms. The first-order valence-corrected chi connectivity index (χ1v) is 6.54. The highest BCUT2D eigenvalue weighted by atomic mass is 16.3. The molecule has 0 heterocycles. The van der Waals surface area contributed by atoms with Gasteiger partial charge in [-0.2, -0.15) is 0 Å². The molecule has 16 heavy (non-hydrogen) atoms. The molecule has 1 aliphatic carbocycles. The minimum absolute atomic E-state index is 0.234. The topological polar surface area (TPSA) is 20.2 Å². The van der Waals surface area contributed by atoms with E-state index >= 15 is 0 Å². The van der Waals surface area contributed by atoms with Crippen LogP contribution in [0.15, 0.2) is 0 Å². The molecule has 0 aromatic rings. The molecule has 0 aliphatic heterocycles. The van der Waals surface area contributed by atoms with Crippen molar-refractivity contribution in [3.63, 3.8) is 0 Å². The summed E-state index contributed by atoms with van der Waals surface area (Å²) in [5.41, 5.74) is 0.330. The summed E-state index contributed by atoms with van der Waals surface area (Å²) in [5, 5.41) is 9.35. The van der Waals surface area contributed by atoms with Crippen molar-refractivity contribution in [1.82, 2.24) is 0 Å². The molecule has 0 unspecified atom stereocenters. The summed E-state index contributed by atoms with van der Waals surface area (Å²) in [5.74, 6) is 1.05. The molecule has 1 aliphatic rings. The van der Waals surface area contributed by atoms with Gasteiger partial charge in [-0.25, -0.2) is 0 Å². The van der Waals surface area contributed by atoms with Crippen LogP contribution in [0.25, 0.3) is 0 Å². The lowest BCUT2D eigenvalue weighted by Crippen LogP contribution is -2.25. The van der Waals surface area contributed by atoms with Gasteiger partial charge in [-0.15, -0.1) is 0 Å². The van der Waals surface area contributed by atoms with E-state index in [9.17, 15) is 5.11 Å². The van der Waals surface area contributed by atoms with Crippen molar-refractivity contribution < 1.29 is 5.11 Å². The highest BCUT2D eigenvalue weighted by Crippen LogP contribution is 2.44. The standard InChI is InChI=1S/C8H18O.C7H14/c1-7(2,3)6-8(4,5)9;1-7(2,3)6-4-5-6/h9H,6H2,1-5H3;6H,4-5H2,1-3H3. The van der Waals surface area contributed by atoms with E-state index < -0.39 is 5.60 Å². The van der Waals surface area contributed by atoms with Gasteiger partial charge in [0.25, 0.3) is 0 Å². The lowest BCUT2D eigenvalue weighted by molar-refractivity contribution is 0.0371. The maximum absolute atomic E-state index is 9.35. The van der Waals surface area contributed by atoms with Gasteiger partial charge in [-0.1, -0.05) is 41.5 Å². The Morgan fingerprint density at radius 2 is 1.25 bits per heavy atom. The van der Waals surface area contributed by atoms with Crippen LogP contribution in [0, 0.1) is 16.7 Å². The molecule has 1 rings (SSSR count). The van der Waals surface area contributed by atoms with E-state index in [-0.39, 0.29) is 5.41 Å². The second-order valence-electron chi connectivity index (χ2n) is 8.19. The van der Waals surface area contributed by atoms with Crippen molar-refractivity contribution >= 4 is 0 Å². The molecule has 1 fully saturated rings. The maximum atomic E-state index is 9.35. The highest BCUT2D eigenvalue weighted by Gasteiger charge is 2.33. The smallest absolute Gasteiger partial charge is 0.0596 e. The van der Waals surface area contributed by atoms with Crippen molar-refractivity contribution in [1.29, 1.82) is 0 Å². The summed E-state index contributed by atoms with van der Waals surface area (Å²) in [7, 11) is 0. The van der Waals surface area contributed by atoms with Crippen LogP contribution in [0.4, 0.5) is 0 Å². The molecule has 1 saturated carbocycles. The second-order valence-corrected chi connectivity index (χ2v) is 8.19. The monoisotopic (exact) mass is 228 g/mol. The predicted molar refractivity (Wildman–Crippen MR) is 72.5 cm³/mol. The zero-order valence-corrected chi connectivity index (χ0v) is 12.6. The Kier molecular flexibility index (Phi) is 5.07. The molecule has 0 radical (unpaired) electrons. The van der Waals surface area contributed by atoms with Gasteiger partial charge in [0.15, 0.2) is 0 Å². The molecule has 0 atom stereocenters. The van der Waals surface area contributed by atoms with Gasteiger partial charge in [-0.05, 0) is 49.9 Å². The lowest BCUT2D eigenvalue weighted by Gasteiger charge is -2.27.